The van der Waals surface area contributed by atoms with E-state index in [1.165, 1.54) is 0 Å². The molecule has 0 bridgehead atoms. The fourth-order valence-electron chi connectivity index (χ4n) is 0.253. The maximum atomic E-state index is 9.55. The van der Waals surface area contributed by atoms with Crippen molar-refractivity contribution in [2.75, 3.05) is 0 Å². The standard InChI is InChI=1S/4K.2Na.2H4O7P2/c;;;;;;2*1-8(2,3)7-9(4,5)6/h;;;;;;2*(H2,1,2,3)(H2,4,5,6)/q6*+1;;/p-6. The average molecular weight is 552 g/mol. The quantitative estimate of drug-likeness (QED) is 0.242. The fourth-order valence-corrected chi connectivity index (χ4v) is 2.27. The summed E-state index contributed by atoms with van der Waals surface area (Å²) in [6, 6.07) is 0. The predicted octanol–water partition coefficient (Wildman–Crippen LogP) is -23.4. The summed E-state index contributed by atoms with van der Waals surface area (Å²) in [7, 11) is -22.1. The summed E-state index contributed by atoms with van der Waals surface area (Å²) >= 11 is 0. The van der Waals surface area contributed by atoms with Gasteiger partial charge in [0, 0.05) is 0 Å². The molecule has 0 unspecified atom stereocenters. The maximum absolute atomic E-state index is 9.55. The van der Waals surface area contributed by atoms with Crippen LogP contribution in [-0.2, 0) is 26.9 Å². The molecule has 0 rings (SSSR count). The van der Waals surface area contributed by atoms with E-state index in [1.54, 1.807) is 0 Å². The molecule has 0 aliphatic carbocycles. The SMILES string of the molecule is O=P([O-])([O-])OP(=O)(O)O.O=P([O-])([O-])OP(=O)([O-])[O-].[K+].[K+].[K+].[K+].[Na+].[Na+]. The van der Waals surface area contributed by atoms with Crippen molar-refractivity contribution in [3.05, 3.63) is 0 Å². The van der Waals surface area contributed by atoms with Gasteiger partial charge in [-0.15, -0.1) is 0 Å². The van der Waals surface area contributed by atoms with Crippen LogP contribution in [0.25, 0.3) is 0 Å². The maximum Gasteiger partial charge on any atom is 1.00 e. The molecule has 0 saturated heterocycles. The molecule has 24 heteroatoms. The molecule has 0 aromatic heterocycles. The number of phosphoric acid groups is 4. The Morgan fingerprint density at radius 1 is 0.542 bits per heavy atom. The molecule has 0 amide bonds. The molecule has 0 spiro atoms. The van der Waals surface area contributed by atoms with Gasteiger partial charge in [-0.1, -0.05) is 0 Å². The van der Waals surface area contributed by atoms with Crippen LogP contribution >= 0.6 is 31.3 Å². The molecule has 0 heterocycles. The van der Waals surface area contributed by atoms with Crippen molar-refractivity contribution >= 4 is 31.3 Å². The first kappa shape index (κ1) is 54.1. The topological polar surface area (TPSA) is 266 Å². The van der Waals surface area contributed by atoms with Crippen molar-refractivity contribution in [2.45, 2.75) is 0 Å². The molecule has 14 nitrogen and oxygen atoms in total. The van der Waals surface area contributed by atoms with Crippen LogP contribution in [0.3, 0.4) is 0 Å². The van der Waals surface area contributed by atoms with Crippen molar-refractivity contribution in [1.29, 1.82) is 0 Å². The fraction of sp³-hybridized carbons (Fsp3) is 0. The van der Waals surface area contributed by atoms with Gasteiger partial charge < -0.3 is 57.2 Å². The first-order valence-electron chi connectivity index (χ1n) is 2.96. The Morgan fingerprint density at radius 3 is 0.708 bits per heavy atom. The minimum Gasteiger partial charge on any atom is -0.790 e. The van der Waals surface area contributed by atoms with Gasteiger partial charge in [0.2, 0.25) is 0 Å². The van der Waals surface area contributed by atoms with Crippen LogP contribution < -0.4 is 294 Å². The molecule has 0 aromatic carbocycles. The van der Waals surface area contributed by atoms with Crippen LogP contribution in [0.1, 0.15) is 0 Å². The number of rotatable bonds is 4. The number of hydrogen-bond acceptors (Lipinski definition) is 12. The van der Waals surface area contributed by atoms with Crippen molar-refractivity contribution in [2.24, 2.45) is 0 Å². The summed E-state index contributed by atoms with van der Waals surface area (Å²) in [6.45, 7) is 0. The number of hydrogen-bond donors (Lipinski definition) is 2. The molecular formula is H2K4Na2O14P4. The van der Waals surface area contributed by atoms with E-state index >= 15 is 0 Å². The molecule has 0 atom stereocenters. The Balaban J connectivity index is -0.0000000284. The van der Waals surface area contributed by atoms with Crippen LogP contribution in [0.4, 0.5) is 0 Å². The van der Waals surface area contributed by atoms with E-state index < -0.39 is 31.3 Å². The van der Waals surface area contributed by atoms with Crippen molar-refractivity contribution in [3.8, 4) is 0 Å². The van der Waals surface area contributed by atoms with Gasteiger partial charge in [0.15, 0.2) is 0 Å². The minimum atomic E-state index is -5.68. The minimum absolute atomic E-state index is 0. The molecule has 0 aromatic rings. The van der Waals surface area contributed by atoms with Gasteiger partial charge in [0.05, 0.1) is 23.5 Å². The zero-order chi connectivity index (χ0) is 15.4. The van der Waals surface area contributed by atoms with Gasteiger partial charge >= 0.3 is 272 Å². The molecule has 0 aliphatic heterocycles. The summed E-state index contributed by atoms with van der Waals surface area (Å²) in [4.78, 5) is 71.4. The van der Waals surface area contributed by atoms with Gasteiger partial charge in [-0.25, -0.2) is 4.57 Å². The smallest absolute Gasteiger partial charge is 0.790 e. The van der Waals surface area contributed by atoms with Crippen LogP contribution in [0.2, 0.25) is 0 Å². The predicted molar refractivity (Wildman–Crippen MR) is 37.0 cm³/mol. The molecule has 0 fully saturated rings. The third kappa shape index (κ3) is 63.3. The van der Waals surface area contributed by atoms with Crippen molar-refractivity contribution in [3.63, 3.8) is 0 Å². The molecule has 2 N–H and O–H groups in total. The van der Waals surface area contributed by atoms with Gasteiger partial charge in [0.25, 0.3) is 0 Å². The van der Waals surface area contributed by atoms with Crippen LogP contribution in [0.15, 0.2) is 0 Å². The normalized spacial score (nSPS) is 10.3. The first-order valence-corrected chi connectivity index (χ1v) is 8.87. The van der Waals surface area contributed by atoms with Gasteiger partial charge in [-0.05, 0) is 0 Å². The van der Waals surface area contributed by atoms with Gasteiger partial charge in [0.1, 0.15) is 0 Å². The van der Waals surface area contributed by atoms with Gasteiger partial charge in [-0.3, -0.25) is 4.31 Å². The van der Waals surface area contributed by atoms with E-state index in [-0.39, 0.29) is 265 Å². The summed E-state index contributed by atoms with van der Waals surface area (Å²) in [5.74, 6) is 0. The van der Waals surface area contributed by atoms with Crippen LogP contribution in [-0.4, -0.2) is 9.79 Å². The molecule has 0 radical (unpaired) electrons. The van der Waals surface area contributed by atoms with E-state index in [2.05, 4.69) is 8.62 Å². The summed E-state index contributed by atoms with van der Waals surface area (Å²) in [6.07, 6.45) is 0. The Kier molecular flexibility index (Phi) is 56.7. The second-order valence-corrected chi connectivity index (χ2v) is 6.97. The van der Waals surface area contributed by atoms with Gasteiger partial charge in [-0.2, -0.15) is 0 Å². The second-order valence-electron chi connectivity index (χ2n) is 2.00. The van der Waals surface area contributed by atoms with E-state index in [9.17, 15) is 47.6 Å². The third-order valence-electron chi connectivity index (χ3n) is 0.406. The summed E-state index contributed by atoms with van der Waals surface area (Å²) in [5.41, 5.74) is 0. The molecular weight excluding hydrogens is 550 g/mol. The van der Waals surface area contributed by atoms with E-state index in [0.717, 1.165) is 0 Å². The molecule has 0 saturated carbocycles. The average Bonchev–Trinajstić information content (AvgIpc) is 1.64. The molecule has 0 aliphatic rings. The van der Waals surface area contributed by atoms with E-state index in [1.807, 2.05) is 0 Å². The van der Waals surface area contributed by atoms with Crippen LogP contribution in [0.5, 0.6) is 0 Å². The molecule has 24 heavy (non-hydrogen) atoms. The third-order valence-corrected chi connectivity index (χ3v) is 3.66. The Labute approximate surface area is 351 Å². The van der Waals surface area contributed by atoms with Crippen molar-refractivity contribution in [1.82, 2.24) is 0 Å². The zero-order valence-electron chi connectivity index (χ0n) is 13.6. The Hall–Kier alpha value is 9.07. The monoisotopic (exact) mass is 552 g/mol. The van der Waals surface area contributed by atoms with Crippen LogP contribution in [0, 0.1) is 0 Å². The van der Waals surface area contributed by atoms with Crippen molar-refractivity contribution < 1.29 is 331 Å². The summed E-state index contributed by atoms with van der Waals surface area (Å²) < 4.78 is 42.9. The van der Waals surface area contributed by atoms with E-state index in [0.29, 0.717) is 0 Å². The summed E-state index contributed by atoms with van der Waals surface area (Å²) in [5, 5.41) is 0. The largest absolute Gasteiger partial charge is 1.00 e. The Bertz CT molecular complexity index is 362. The Morgan fingerprint density at radius 2 is 0.708 bits per heavy atom. The second kappa shape index (κ2) is 25.2. The van der Waals surface area contributed by atoms with E-state index in [4.69, 9.17) is 9.79 Å². The first-order chi connectivity index (χ1) is 7.41. The molecule has 112 valence electrons. The zero-order valence-corrected chi connectivity index (χ0v) is 33.7.